The Morgan fingerprint density at radius 3 is 2.89 bits per heavy atom. The zero-order chi connectivity index (χ0) is 13.4. The van der Waals surface area contributed by atoms with Gasteiger partial charge in [0.25, 0.3) is 0 Å². The second-order valence-corrected chi connectivity index (χ2v) is 5.62. The van der Waals surface area contributed by atoms with Crippen molar-refractivity contribution in [1.29, 1.82) is 0 Å². The van der Waals surface area contributed by atoms with Crippen molar-refractivity contribution in [2.24, 2.45) is 11.7 Å². The monoisotopic (exact) mass is 272 g/mol. The van der Waals surface area contributed by atoms with Crippen LogP contribution in [-0.4, -0.2) is 46.5 Å². The molecule has 2 aliphatic rings. The summed E-state index contributed by atoms with van der Waals surface area (Å²) >= 11 is 1.47. The van der Waals surface area contributed by atoms with Gasteiger partial charge in [0.2, 0.25) is 5.91 Å². The third-order valence-electron chi connectivity index (χ3n) is 3.10. The highest BCUT2D eigenvalue weighted by Crippen LogP contribution is 2.48. The Morgan fingerprint density at radius 2 is 2.33 bits per heavy atom. The number of thioether (sulfide) groups is 1. The standard InChI is InChI=1S/C11H16N2O4S/c1-5(12)11(16)17-4-8-6(2)13-9(15)7(3-14)10(13)18-8/h5,7,10,14H,3-4,12H2,1-2H3/t5-,7-,10+/m0/s1. The molecule has 18 heavy (non-hydrogen) atoms. The SMILES string of the molecule is CC1=C(COC(=O)[C@H](C)N)S[C@@H]2[C@@H](CO)C(=O)N12. The van der Waals surface area contributed by atoms with Crippen LogP contribution < -0.4 is 5.73 Å². The topological polar surface area (TPSA) is 92.9 Å². The molecule has 0 aromatic rings. The average molecular weight is 272 g/mol. The molecule has 7 heteroatoms. The molecule has 100 valence electrons. The van der Waals surface area contributed by atoms with E-state index in [9.17, 15) is 9.59 Å². The van der Waals surface area contributed by atoms with Crippen LogP contribution in [0.2, 0.25) is 0 Å². The van der Waals surface area contributed by atoms with E-state index in [-0.39, 0.29) is 30.4 Å². The van der Waals surface area contributed by atoms with E-state index in [0.29, 0.717) is 0 Å². The molecule has 2 heterocycles. The minimum atomic E-state index is -0.652. The lowest BCUT2D eigenvalue weighted by atomic mass is 9.99. The second-order valence-electron chi connectivity index (χ2n) is 4.41. The second kappa shape index (κ2) is 4.91. The van der Waals surface area contributed by atoms with Crippen molar-refractivity contribution in [3.63, 3.8) is 0 Å². The highest BCUT2D eigenvalue weighted by atomic mass is 32.2. The molecular weight excluding hydrogens is 256 g/mol. The van der Waals surface area contributed by atoms with E-state index in [4.69, 9.17) is 15.6 Å². The fourth-order valence-corrected chi connectivity index (χ4v) is 3.38. The molecule has 0 aliphatic carbocycles. The quantitative estimate of drug-likeness (QED) is 0.536. The van der Waals surface area contributed by atoms with Gasteiger partial charge in [0.05, 0.1) is 12.5 Å². The Kier molecular flexibility index (Phi) is 3.65. The summed E-state index contributed by atoms with van der Waals surface area (Å²) < 4.78 is 5.04. The summed E-state index contributed by atoms with van der Waals surface area (Å²) in [5, 5.41) is 9.04. The fourth-order valence-electron chi connectivity index (χ4n) is 1.96. The zero-order valence-corrected chi connectivity index (χ0v) is 11.1. The van der Waals surface area contributed by atoms with Gasteiger partial charge in [0, 0.05) is 10.6 Å². The summed E-state index contributed by atoms with van der Waals surface area (Å²) in [5.41, 5.74) is 6.20. The molecule has 1 fully saturated rings. The first kappa shape index (κ1) is 13.4. The van der Waals surface area contributed by atoms with Crippen molar-refractivity contribution in [1.82, 2.24) is 4.90 Å². The number of hydrogen-bond donors (Lipinski definition) is 2. The lowest BCUT2D eigenvalue weighted by Gasteiger charge is -2.41. The van der Waals surface area contributed by atoms with E-state index in [0.717, 1.165) is 10.6 Å². The molecular formula is C11H16N2O4S. The zero-order valence-electron chi connectivity index (χ0n) is 10.3. The summed E-state index contributed by atoms with van der Waals surface area (Å²) in [7, 11) is 0. The number of rotatable bonds is 4. The summed E-state index contributed by atoms with van der Waals surface area (Å²) in [6, 6.07) is -0.652. The number of nitrogens with two attached hydrogens (primary N) is 1. The van der Waals surface area contributed by atoms with E-state index in [1.54, 1.807) is 11.8 Å². The van der Waals surface area contributed by atoms with Crippen LogP contribution in [0.15, 0.2) is 10.6 Å². The van der Waals surface area contributed by atoms with Crippen LogP contribution in [0.1, 0.15) is 13.8 Å². The van der Waals surface area contributed by atoms with Crippen molar-refractivity contribution >= 4 is 23.6 Å². The number of carbonyl (C=O) groups is 2. The third-order valence-corrected chi connectivity index (χ3v) is 4.57. The van der Waals surface area contributed by atoms with Gasteiger partial charge in [-0.15, -0.1) is 0 Å². The summed E-state index contributed by atoms with van der Waals surface area (Å²) in [6.45, 7) is 3.36. The van der Waals surface area contributed by atoms with Gasteiger partial charge in [-0.2, -0.15) is 0 Å². The molecule has 0 aromatic heterocycles. The van der Waals surface area contributed by atoms with Crippen LogP contribution in [0.5, 0.6) is 0 Å². The Bertz CT molecular complexity index is 421. The molecule has 1 saturated heterocycles. The molecule has 1 amide bonds. The Morgan fingerprint density at radius 1 is 1.67 bits per heavy atom. The van der Waals surface area contributed by atoms with Crippen LogP contribution in [0.3, 0.4) is 0 Å². The molecule has 0 aromatic carbocycles. The first-order chi connectivity index (χ1) is 8.47. The van der Waals surface area contributed by atoms with Crippen LogP contribution in [-0.2, 0) is 14.3 Å². The van der Waals surface area contributed by atoms with Crippen molar-refractivity contribution in [3.8, 4) is 0 Å². The number of nitrogens with zero attached hydrogens (tertiary/aromatic N) is 1. The maximum atomic E-state index is 11.7. The highest BCUT2D eigenvalue weighted by molar-refractivity contribution is 8.04. The van der Waals surface area contributed by atoms with Crippen LogP contribution in [0.25, 0.3) is 0 Å². The average Bonchev–Trinajstić information content (AvgIpc) is 2.59. The number of aliphatic hydroxyl groups excluding tert-OH is 1. The molecule has 3 atom stereocenters. The van der Waals surface area contributed by atoms with Gasteiger partial charge < -0.3 is 20.5 Å². The predicted molar refractivity (Wildman–Crippen MR) is 66.1 cm³/mol. The molecule has 6 nitrogen and oxygen atoms in total. The van der Waals surface area contributed by atoms with Crippen LogP contribution in [0.4, 0.5) is 0 Å². The van der Waals surface area contributed by atoms with Gasteiger partial charge in [-0.1, -0.05) is 11.8 Å². The van der Waals surface area contributed by atoms with Gasteiger partial charge in [0.1, 0.15) is 18.0 Å². The van der Waals surface area contributed by atoms with E-state index in [2.05, 4.69) is 0 Å². The minimum absolute atomic E-state index is 0.0495. The van der Waals surface area contributed by atoms with Crippen molar-refractivity contribution in [2.45, 2.75) is 25.3 Å². The number of amides is 1. The number of fused-ring (bicyclic) bond motifs is 1. The molecule has 0 unspecified atom stereocenters. The van der Waals surface area contributed by atoms with Gasteiger partial charge in [-0.3, -0.25) is 9.59 Å². The van der Waals surface area contributed by atoms with Gasteiger partial charge >= 0.3 is 5.97 Å². The largest absolute Gasteiger partial charge is 0.459 e. The Hall–Kier alpha value is -1.05. The molecule has 0 saturated carbocycles. The number of allylic oxidation sites excluding steroid dienone is 1. The van der Waals surface area contributed by atoms with Crippen molar-refractivity contribution in [3.05, 3.63) is 10.6 Å². The number of aliphatic hydroxyl groups is 1. The molecule has 3 N–H and O–H groups in total. The van der Waals surface area contributed by atoms with Gasteiger partial charge in [0.15, 0.2) is 0 Å². The van der Waals surface area contributed by atoms with E-state index in [1.165, 1.54) is 11.8 Å². The first-order valence-electron chi connectivity index (χ1n) is 5.70. The number of β-lactam (4-membered cyclic amide) rings is 1. The molecule has 0 radical (unpaired) electrons. The minimum Gasteiger partial charge on any atom is -0.459 e. The Labute approximate surface area is 109 Å². The van der Waals surface area contributed by atoms with Crippen LogP contribution in [0, 0.1) is 5.92 Å². The maximum Gasteiger partial charge on any atom is 0.322 e. The molecule has 0 spiro atoms. The van der Waals surface area contributed by atoms with Crippen molar-refractivity contribution < 1.29 is 19.4 Å². The number of hydrogen-bond acceptors (Lipinski definition) is 6. The smallest absolute Gasteiger partial charge is 0.322 e. The predicted octanol–water partition coefficient (Wildman–Crippen LogP) is -0.368. The lowest BCUT2D eigenvalue weighted by molar-refractivity contribution is -0.148. The first-order valence-corrected chi connectivity index (χ1v) is 6.58. The summed E-state index contributed by atoms with van der Waals surface area (Å²) in [6.07, 6.45) is 0. The number of ether oxygens (including phenoxy) is 1. The van der Waals surface area contributed by atoms with Crippen LogP contribution >= 0.6 is 11.8 Å². The summed E-state index contributed by atoms with van der Waals surface area (Å²) in [5.74, 6) is -0.872. The Balaban J connectivity index is 1.97. The van der Waals surface area contributed by atoms with Gasteiger partial charge in [-0.25, -0.2) is 0 Å². The maximum absolute atomic E-state index is 11.7. The van der Waals surface area contributed by atoms with Gasteiger partial charge in [-0.05, 0) is 13.8 Å². The van der Waals surface area contributed by atoms with Crippen molar-refractivity contribution in [2.75, 3.05) is 13.2 Å². The summed E-state index contributed by atoms with van der Waals surface area (Å²) in [4.78, 5) is 25.4. The molecule has 2 aliphatic heterocycles. The van der Waals surface area contributed by atoms with E-state index >= 15 is 0 Å². The fraction of sp³-hybridized carbons (Fsp3) is 0.636. The van der Waals surface area contributed by atoms with E-state index < -0.39 is 12.0 Å². The highest BCUT2D eigenvalue weighted by Gasteiger charge is 2.52. The lowest BCUT2D eigenvalue weighted by Crippen LogP contribution is -2.57. The number of esters is 1. The normalized spacial score (nSPS) is 28.0. The third kappa shape index (κ3) is 2.02. The van der Waals surface area contributed by atoms with E-state index in [1.807, 2.05) is 6.92 Å². The number of carbonyl (C=O) groups excluding carboxylic acids is 2. The molecule has 0 bridgehead atoms. The molecule has 2 rings (SSSR count).